The van der Waals surface area contributed by atoms with Crippen molar-refractivity contribution in [3.05, 3.63) is 23.1 Å². The number of aliphatic hydroxyl groups excluding tert-OH is 3. The fraction of sp³-hybridized carbons (Fsp3) is 0.500. The summed E-state index contributed by atoms with van der Waals surface area (Å²) in [4.78, 5) is 13.6. The molecule has 6 N–H and O–H groups in total. The Morgan fingerprint density at radius 3 is 2.64 bits per heavy atom. The van der Waals surface area contributed by atoms with E-state index in [9.17, 15) is 10.2 Å². The summed E-state index contributed by atoms with van der Waals surface area (Å²) in [6.07, 6.45) is -1.42. The van der Waals surface area contributed by atoms with Crippen LogP contribution < -0.4 is 5.73 Å². The summed E-state index contributed by atoms with van der Waals surface area (Å²) >= 11 is 0. The second-order valence-electron chi connectivity index (χ2n) is 4.41. The van der Waals surface area contributed by atoms with Crippen molar-refractivity contribution in [2.24, 2.45) is 0 Å². The van der Waals surface area contributed by atoms with E-state index in [1.54, 1.807) is 4.91 Å². The van der Waals surface area contributed by atoms with E-state index in [1.807, 2.05) is 0 Å². The number of hydrogen-bond donors (Lipinski definition) is 5. The van der Waals surface area contributed by atoms with Gasteiger partial charge in [-0.1, -0.05) is 0 Å². The molecule has 0 spiro atoms. The molecule has 2 aromatic rings. The average molecular weight is 310 g/mol. The van der Waals surface area contributed by atoms with Crippen LogP contribution in [-0.4, -0.2) is 59.8 Å². The summed E-state index contributed by atoms with van der Waals surface area (Å²) < 4.78 is 6.85. The van der Waals surface area contributed by atoms with E-state index in [-0.39, 0.29) is 5.82 Å². The molecule has 1 saturated heterocycles. The molecule has 118 valence electrons. The Labute approximate surface area is 123 Å². The highest BCUT2D eigenvalue weighted by molar-refractivity contribution is 5.81. The maximum absolute atomic E-state index is 9.95. The van der Waals surface area contributed by atoms with E-state index in [0.29, 0.717) is 11.2 Å². The van der Waals surface area contributed by atoms with Crippen LogP contribution in [0.1, 0.15) is 6.23 Å². The molecular weight excluding hydrogens is 296 g/mol. The molecule has 22 heavy (non-hydrogen) atoms. The van der Waals surface area contributed by atoms with Crippen LogP contribution in [0, 0.1) is 5.53 Å². The molecule has 12 heteroatoms. The Kier molecular flexibility index (Phi) is 4.70. The molecule has 0 aromatic carbocycles. The zero-order valence-electron chi connectivity index (χ0n) is 11.2. The molecule has 0 bridgehead atoms. The van der Waals surface area contributed by atoms with Gasteiger partial charge in [-0.05, 0) is 10.4 Å². The van der Waals surface area contributed by atoms with Crippen LogP contribution in [0.2, 0.25) is 0 Å². The summed E-state index contributed by atoms with van der Waals surface area (Å²) in [7, 11) is 0. The van der Waals surface area contributed by atoms with E-state index >= 15 is 0 Å². The van der Waals surface area contributed by atoms with Gasteiger partial charge in [-0.25, -0.2) is 15.0 Å². The van der Waals surface area contributed by atoms with Gasteiger partial charge in [-0.2, -0.15) is 0 Å². The van der Waals surface area contributed by atoms with Crippen molar-refractivity contribution in [1.29, 1.82) is 5.53 Å². The fourth-order valence-electron chi connectivity index (χ4n) is 2.17. The highest BCUT2D eigenvalue weighted by Crippen LogP contribution is 2.31. The third kappa shape index (κ3) is 2.64. The van der Waals surface area contributed by atoms with Crippen LogP contribution in [0.5, 0.6) is 0 Å². The van der Waals surface area contributed by atoms with Crippen molar-refractivity contribution < 1.29 is 20.1 Å². The first kappa shape index (κ1) is 15.9. The van der Waals surface area contributed by atoms with Crippen molar-refractivity contribution in [1.82, 2.24) is 19.5 Å². The van der Waals surface area contributed by atoms with E-state index in [0.717, 1.165) is 0 Å². The smallest absolute Gasteiger partial charge is 0.167 e. The summed E-state index contributed by atoms with van der Waals surface area (Å²) in [5, 5.41) is 28.7. The largest absolute Gasteiger partial charge is 0.394 e. The first-order valence-electron chi connectivity index (χ1n) is 6.11. The van der Waals surface area contributed by atoms with Gasteiger partial charge in [-0.15, -0.1) is 5.53 Å². The zero-order chi connectivity index (χ0) is 16.3. The maximum atomic E-state index is 9.95. The number of nitrogens with two attached hydrogens (primary N) is 1. The number of aliphatic hydroxyl groups is 3. The number of nitrogen functional groups attached to an aromatic ring is 1. The van der Waals surface area contributed by atoms with Gasteiger partial charge in [-0.3, -0.25) is 4.57 Å². The van der Waals surface area contributed by atoms with Gasteiger partial charge in [0.1, 0.15) is 30.2 Å². The third-order valence-corrected chi connectivity index (χ3v) is 3.18. The van der Waals surface area contributed by atoms with Gasteiger partial charge in [0.05, 0.1) is 12.9 Å². The summed E-state index contributed by atoms with van der Waals surface area (Å²) in [5.41, 5.74) is 18.7. The number of hydrogen-bond acceptors (Lipinski definition) is 9. The topological polar surface area (TPSA) is 200 Å². The van der Waals surface area contributed by atoms with E-state index < -0.39 is 31.1 Å². The SMILES string of the molecule is Nc1ncnc2c1ncn2[C@@H]1O[C@H](CO)[C@@H](O)[C@H]1O.[N-]=[N+]=N. The Morgan fingerprint density at radius 1 is 1.36 bits per heavy atom. The minimum Gasteiger partial charge on any atom is -0.394 e. The van der Waals surface area contributed by atoms with E-state index in [4.69, 9.17) is 26.6 Å². The Morgan fingerprint density at radius 2 is 2.05 bits per heavy atom. The molecule has 0 amide bonds. The van der Waals surface area contributed by atoms with Crippen molar-refractivity contribution in [3.63, 3.8) is 0 Å². The number of fused-ring (bicyclic) bond motifs is 1. The van der Waals surface area contributed by atoms with Crippen LogP contribution in [0.3, 0.4) is 0 Å². The second-order valence-corrected chi connectivity index (χ2v) is 4.41. The lowest BCUT2D eigenvalue weighted by Gasteiger charge is -2.16. The van der Waals surface area contributed by atoms with Crippen molar-refractivity contribution in [2.45, 2.75) is 24.5 Å². The minimum atomic E-state index is -1.19. The molecule has 0 unspecified atom stereocenters. The van der Waals surface area contributed by atoms with E-state index in [2.05, 4.69) is 15.0 Å². The van der Waals surface area contributed by atoms with Gasteiger partial charge < -0.3 is 25.8 Å². The predicted molar refractivity (Wildman–Crippen MR) is 72.2 cm³/mol. The molecule has 1 fully saturated rings. The monoisotopic (exact) mass is 310 g/mol. The predicted octanol–water partition coefficient (Wildman–Crippen LogP) is -1.10. The molecule has 2 aromatic heterocycles. The Hall–Kier alpha value is -2.50. The normalized spacial score (nSPS) is 27.2. The molecule has 0 radical (unpaired) electrons. The molecule has 3 rings (SSSR count). The van der Waals surface area contributed by atoms with Crippen molar-refractivity contribution >= 4 is 17.0 Å². The standard InChI is InChI=1S/C10H13N5O4.HN3/c11-8-5-9(13-2-12-8)15(3-14-5)10-7(18)6(17)4(1-16)19-10;1-3-2/h2-4,6-7,10,16-18H,1H2,(H2,11,12,13);1H/t4-,6-,7-,10-;/m1./s1. The number of nitrogens with zero attached hydrogens (tertiary/aromatic N) is 6. The van der Waals surface area contributed by atoms with Crippen molar-refractivity contribution in [2.75, 3.05) is 12.3 Å². The average Bonchev–Trinajstić information content (AvgIpc) is 3.04. The van der Waals surface area contributed by atoms with Gasteiger partial charge in [0.25, 0.3) is 0 Å². The fourth-order valence-corrected chi connectivity index (χ4v) is 2.17. The van der Waals surface area contributed by atoms with Crippen LogP contribution >= 0.6 is 0 Å². The highest BCUT2D eigenvalue weighted by atomic mass is 16.6. The first-order chi connectivity index (χ1) is 10.5. The molecule has 1 aliphatic rings. The van der Waals surface area contributed by atoms with Gasteiger partial charge in [0, 0.05) is 0 Å². The highest BCUT2D eigenvalue weighted by Gasteiger charge is 2.43. The Bertz CT molecular complexity index is 685. The van der Waals surface area contributed by atoms with Crippen LogP contribution in [0.15, 0.2) is 12.7 Å². The third-order valence-electron chi connectivity index (χ3n) is 3.18. The van der Waals surface area contributed by atoms with Gasteiger partial charge in [0.15, 0.2) is 17.7 Å². The van der Waals surface area contributed by atoms with Crippen LogP contribution in [0.4, 0.5) is 5.82 Å². The zero-order valence-corrected chi connectivity index (χ0v) is 11.2. The summed E-state index contributed by atoms with van der Waals surface area (Å²) in [5.74, 6) is 0.218. The maximum Gasteiger partial charge on any atom is 0.167 e. The van der Waals surface area contributed by atoms with Crippen LogP contribution in [0.25, 0.3) is 21.6 Å². The molecule has 0 saturated carbocycles. The number of anilines is 1. The lowest BCUT2D eigenvalue weighted by molar-refractivity contribution is -0.0511. The minimum absolute atomic E-state index is 0.218. The molecular formula is C10H14N8O4. The van der Waals surface area contributed by atoms with Gasteiger partial charge >= 0.3 is 0 Å². The lowest BCUT2D eigenvalue weighted by atomic mass is 10.1. The molecule has 3 heterocycles. The van der Waals surface area contributed by atoms with Gasteiger partial charge in [0.2, 0.25) is 0 Å². The first-order valence-corrected chi connectivity index (χ1v) is 6.11. The molecule has 1 aliphatic heterocycles. The second kappa shape index (κ2) is 6.51. The number of ether oxygens (including phenoxy) is 1. The number of rotatable bonds is 2. The summed E-state index contributed by atoms with van der Waals surface area (Å²) in [6.45, 7) is -0.390. The van der Waals surface area contributed by atoms with Crippen LogP contribution in [-0.2, 0) is 4.74 Å². The molecule has 4 atom stereocenters. The number of nitrogens with one attached hydrogen (secondary N) is 1. The quantitative estimate of drug-likeness (QED) is 0.261. The summed E-state index contributed by atoms with van der Waals surface area (Å²) in [6, 6.07) is 0. The number of imidazole rings is 1. The lowest BCUT2D eigenvalue weighted by Crippen LogP contribution is -2.33. The van der Waals surface area contributed by atoms with Crippen molar-refractivity contribution in [3.8, 4) is 0 Å². The molecule has 12 nitrogen and oxygen atoms in total. The molecule has 0 aliphatic carbocycles. The number of aromatic nitrogens is 4. The Balaban J connectivity index is 0.000000545. The van der Waals surface area contributed by atoms with E-state index in [1.165, 1.54) is 17.2 Å².